The number of para-hydroxylation sites is 1. The lowest BCUT2D eigenvalue weighted by Crippen LogP contribution is -2.27. The van der Waals surface area contributed by atoms with E-state index < -0.39 is 0 Å². The molecule has 0 fully saturated rings. The van der Waals surface area contributed by atoms with Gasteiger partial charge in [0.25, 0.3) is 5.91 Å². The van der Waals surface area contributed by atoms with Gasteiger partial charge in [-0.1, -0.05) is 56.6 Å². The molecule has 0 saturated heterocycles. The zero-order chi connectivity index (χ0) is 29.0. The van der Waals surface area contributed by atoms with Crippen molar-refractivity contribution in [1.29, 1.82) is 5.26 Å². The molecule has 208 valence electrons. The van der Waals surface area contributed by atoms with Crippen LogP contribution in [0.2, 0.25) is 5.02 Å². The molecule has 1 atom stereocenters. The maximum atomic E-state index is 13.7. The lowest BCUT2D eigenvalue weighted by atomic mass is 9.72. The summed E-state index contributed by atoms with van der Waals surface area (Å²) in [5.41, 5.74) is 5.06. The second kappa shape index (κ2) is 12.3. The van der Waals surface area contributed by atoms with Gasteiger partial charge in [-0.25, -0.2) is 4.99 Å². The number of nitrogens with one attached hydrogen (secondary N) is 1. The Kier molecular flexibility index (Phi) is 8.58. The third-order valence-electron chi connectivity index (χ3n) is 7.52. The number of aliphatic imine (C=N–C) groups is 1. The Morgan fingerprint density at radius 2 is 1.85 bits per heavy atom. The van der Waals surface area contributed by atoms with Gasteiger partial charge < -0.3 is 10.1 Å². The lowest BCUT2D eigenvalue weighted by Gasteiger charge is -2.33. The first-order chi connectivity index (χ1) is 19.7. The van der Waals surface area contributed by atoms with Gasteiger partial charge in [0, 0.05) is 27.4 Å². The van der Waals surface area contributed by atoms with Crippen LogP contribution in [0.5, 0.6) is 5.75 Å². The molecule has 3 aromatic carbocycles. The molecule has 0 bridgehead atoms. The fourth-order valence-corrected chi connectivity index (χ4v) is 6.44. The van der Waals surface area contributed by atoms with E-state index in [1.165, 1.54) is 4.88 Å². The Morgan fingerprint density at radius 1 is 1.12 bits per heavy atom. The number of anilines is 1. The number of ether oxygens (including phenoxy) is 1. The number of fused-ring (bicyclic) bond motifs is 1. The number of amides is 1. The second-order valence-electron chi connectivity index (χ2n) is 11.3. The molecule has 0 aliphatic heterocycles. The van der Waals surface area contributed by atoms with E-state index >= 15 is 0 Å². The van der Waals surface area contributed by atoms with Crippen LogP contribution < -0.4 is 10.1 Å². The molecule has 7 heteroatoms. The summed E-state index contributed by atoms with van der Waals surface area (Å²) >= 11 is 7.66. The van der Waals surface area contributed by atoms with Gasteiger partial charge in [0.1, 0.15) is 17.4 Å². The molecule has 5 rings (SSSR count). The van der Waals surface area contributed by atoms with Crippen LogP contribution in [-0.4, -0.2) is 12.1 Å². The number of halogens is 1. The lowest BCUT2D eigenvalue weighted by molar-refractivity contribution is 0.102. The molecule has 1 amide bonds. The summed E-state index contributed by atoms with van der Waals surface area (Å²) in [7, 11) is 0. The van der Waals surface area contributed by atoms with Gasteiger partial charge >= 0.3 is 0 Å². The molecule has 0 unspecified atom stereocenters. The molecule has 1 aliphatic carbocycles. The first-order valence-corrected chi connectivity index (χ1v) is 14.9. The number of hydrogen-bond donors (Lipinski definition) is 1. The van der Waals surface area contributed by atoms with Gasteiger partial charge in [0.05, 0.1) is 17.2 Å². The van der Waals surface area contributed by atoms with Crippen molar-refractivity contribution < 1.29 is 9.53 Å². The molecule has 5 nitrogen and oxygen atoms in total. The van der Waals surface area contributed by atoms with Crippen LogP contribution in [0.15, 0.2) is 77.8 Å². The summed E-state index contributed by atoms with van der Waals surface area (Å²) < 4.78 is 6.12. The number of nitrogens with zero attached hydrogens (tertiary/aromatic N) is 2. The molecule has 1 heterocycles. The molecular weight excluding hydrogens is 550 g/mol. The quantitative estimate of drug-likeness (QED) is 0.221. The van der Waals surface area contributed by atoms with Crippen LogP contribution in [0.3, 0.4) is 0 Å². The number of carbonyl (C=O) groups is 1. The maximum absolute atomic E-state index is 13.7. The second-order valence-corrected chi connectivity index (χ2v) is 12.9. The van der Waals surface area contributed by atoms with E-state index in [1.54, 1.807) is 53.9 Å². The van der Waals surface area contributed by atoms with Crippen molar-refractivity contribution in [2.45, 2.75) is 46.6 Å². The number of rotatable bonds is 7. The van der Waals surface area contributed by atoms with Gasteiger partial charge in [0.2, 0.25) is 0 Å². The van der Waals surface area contributed by atoms with Gasteiger partial charge in [-0.2, -0.15) is 5.26 Å². The predicted octanol–water partition coefficient (Wildman–Crippen LogP) is 9.01. The monoisotopic (exact) mass is 581 g/mol. The fraction of sp³-hybridized carbons (Fsp3) is 0.265. The predicted molar refractivity (Wildman–Crippen MR) is 168 cm³/mol. The van der Waals surface area contributed by atoms with E-state index in [-0.39, 0.29) is 11.3 Å². The Balaban J connectivity index is 1.43. The van der Waals surface area contributed by atoms with Crippen molar-refractivity contribution in [1.82, 2.24) is 0 Å². The Bertz CT molecular complexity index is 1610. The largest absolute Gasteiger partial charge is 0.488 e. The molecule has 0 spiro atoms. The van der Waals surface area contributed by atoms with Crippen LogP contribution in [-0.2, 0) is 19.4 Å². The number of carbonyl (C=O) groups excluding carboxylic acids is 1. The summed E-state index contributed by atoms with van der Waals surface area (Å²) in [4.78, 5) is 19.8. The van der Waals surface area contributed by atoms with Crippen molar-refractivity contribution in [3.63, 3.8) is 0 Å². The zero-order valence-electron chi connectivity index (χ0n) is 23.4. The van der Waals surface area contributed by atoms with Crippen molar-refractivity contribution in [3.05, 3.63) is 111 Å². The molecule has 41 heavy (non-hydrogen) atoms. The van der Waals surface area contributed by atoms with Crippen molar-refractivity contribution in [3.8, 4) is 11.8 Å². The standard InChI is InChI=1S/C34H32ClN3O2S/c1-34(2,3)25-12-17-28-30(18-25)41-33(31(28)32(39)38-27-15-13-26(35)14-16-27)37-20-24-6-4-5-7-29(24)40-21-23-10-8-22(19-36)9-11-23/h4-11,13-16,20,25H,12,17-18,21H2,1-3H3,(H,38,39)/t25-/m1/s1. The number of benzene rings is 3. The molecular formula is C34H32ClN3O2S. The van der Waals surface area contributed by atoms with Gasteiger partial charge in [-0.15, -0.1) is 11.3 Å². The first-order valence-electron chi connectivity index (χ1n) is 13.7. The highest BCUT2D eigenvalue weighted by Crippen LogP contribution is 2.45. The maximum Gasteiger partial charge on any atom is 0.259 e. The molecule has 1 aromatic heterocycles. The third kappa shape index (κ3) is 6.87. The average Bonchev–Trinajstić information content (AvgIpc) is 3.34. The minimum absolute atomic E-state index is 0.156. The molecule has 1 N–H and O–H groups in total. The molecule has 0 radical (unpaired) electrons. The summed E-state index contributed by atoms with van der Waals surface area (Å²) in [6, 6.07) is 24.4. The Hall–Kier alpha value is -3.92. The third-order valence-corrected chi connectivity index (χ3v) is 8.93. The molecule has 1 aliphatic rings. The molecule has 4 aromatic rings. The summed E-state index contributed by atoms with van der Waals surface area (Å²) in [5, 5.41) is 13.4. The van der Waals surface area contributed by atoms with Gasteiger partial charge in [-0.05, 0) is 90.3 Å². The number of nitriles is 1. The Morgan fingerprint density at radius 3 is 2.56 bits per heavy atom. The first kappa shape index (κ1) is 28.6. The average molecular weight is 582 g/mol. The highest BCUT2D eigenvalue weighted by molar-refractivity contribution is 7.16. The van der Waals surface area contributed by atoms with Gasteiger partial charge in [0.15, 0.2) is 0 Å². The summed E-state index contributed by atoms with van der Waals surface area (Å²) in [6.07, 6.45) is 4.64. The van der Waals surface area contributed by atoms with Crippen LogP contribution >= 0.6 is 22.9 Å². The minimum Gasteiger partial charge on any atom is -0.488 e. The van der Waals surface area contributed by atoms with Crippen LogP contribution in [0, 0.1) is 22.7 Å². The van der Waals surface area contributed by atoms with E-state index in [0.717, 1.165) is 36.0 Å². The SMILES string of the molecule is CC(C)(C)[C@@H]1CCc2c(sc(N=Cc3ccccc3OCc3ccc(C#N)cc3)c2C(=O)Nc2ccc(Cl)cc2)C1. The highest BCUT2D eigenvalue weighted by Gasteiger charge is 2.33. The van der Waals surface area contributed by atoms with Crippen molar-refractivity contribution >= 4 is 45.7 Å². The van der Waals surface area contributed by atoms with E-state index in [4.69, 9.17) is 26.6 Å². The topological polar surface area (TPSA) is 74.5 Å². The Labute approximate surface area is 250 Å². The minimum atomic E-state index is -0.156. The van der Waals surface area contributed by atoms with Gasteiger partial charge in [-0.3, -0.25) is 4.79 Å². The van der Waals surface area contributed by atoms with E-state index in [9.17, 15) is 4.79 Å². The van der Waals surface area contributed by atoms with E-state index in [0.29, 0.717) is 45.1 Å². The number of hydrogen-bond acceptors (Lipinski definition) is 5. The number of thiophene rings is 1. The normalized spacial score (nSPS) is 14.9. The van der Waals surface area contributed by atoms with Crippen LogP contribution in [0.4, 0.5) is 10.7 Å². The van der Waals surface area contributed by atoms with Crippen LogP contribution in [0.1, 0.15) is 64.7 Å². The van der Waals surface area contributed by atoms with Crippen molar-refractivity contribution in [2.75, 3.05) is 5.32 Å². The van der Waals surface area contributed by atoms with Crippen LogP contribution in [0.25, 0.3) is 0 Å². The zero-order valence-corrected chi connectivity index (χ0v) is 25.0. The smallest absolute Gasteiger partial charge is 0.259 e. The highest BCUT2D eigenvalue weighted by atomic mass is 35.5. The summed E-state index contributed by atoms with van der Waals surface area (Å²) in [6.45, 7) is 7.24. The van der Waals surface area contributed by atoms with E-state index in [1.807, 2.05) is 36.4 Å². The molecule has 0 saturated carbocycles. The van der Waals surface area contributed by atoms with Crippen molar-refractivity contribution in [2.24, 2.45) is 16.3 Å². The van der Waals surface area contributed by atoms with E-state index in [2.05, 4.69) is 32.2 Å². The summed E-state index contributed by atoms with van der Waals surface area (Å²) in [5.74, 6) is 1.09. The fourth-order valence-electron chi connectivity index (χ4n) is 5.05.